The first-order valence-electron chi connectivity index (χ1n) is 18.1. The van der Waals surface area contributed by atoms with Crippen molar-refractivity contribution in [1.82, 2.24) is 0 Å². The molecule has 0 N–H and O–H groups in total. The van der Waals surface area contributed by atoms with Gasteiger partial charge in [0.25, 0.3) is 0 Å². The molecule has 0 unspecified atom stereocenters. The number of hydrogen-bond donors (Lipinski definition) is 0. The van der Waals surface area contributed by atoms with E-state index in [1.807, 2.05) is 0 Å². The Morgan fingerprint density at radius 3 is 0.760 bits per heavy atom. The lowest BCUT2D eigenvalue weighted by Crippen LogP contribution is -2.15. The van der Waals surface area contributed by atoms with Crippen LogP contribution >= 0.6 is 12.1 Å². The monoisotopic (exact) mass is 750 g/mol. The molecule has 0 saturated carbocycles. The summed E-state index contributed by atoms with van der Waals surface area (Å²) in [6, 6.07) is 39.8. The highest BCUT2D eigenvalue weighted by molar-refractivity contribution is 8.15. The minimum absolute atomic E-state index is 0.551. The van der Waals surface area contributed by atoms with E-state index in [1.54, 1.807) is 0 Å². The molecule has 0 spiro atoms. The zero-order valence-electron chi connectivity index (χ0n) is 29.6. The minimum Gasteiger partial charge on any atom is -0.379 e. The number of benzene rings is 4. The van der Waals surface area contributed by atoms with Crippen LogP contribution < -0.4 is 0 Å². The van der Waals surface area contributed by atoms with Gasteiger partial charge in [0, 0.05) is 12.3 Å². The quantitative estimate of drug-likeness (QED) is 0.0448. The Hall–Kier alpha value is -1.98. The summed E-state index contributed by atoms with van der Waals surface area (Å²) in [5.41, 5.74) is 5.48. The number of hydrogen-bond acceptors (Lipinski definition) is 6. The first-order chi connectivity index (χ1) is 24.5. The van der Waals surface area contributed by atoms with Crippen molar-refractivity contribution in [3.63, 3.8) is 0 Å². The second-order valence-corrected chi connectivity index (χ2v) is 24.4. The molecule has 0 bridgehead atoms. The predicted octanol–water partition coefficient (Wildman–Crippen LogP) is 8.98. The topological polar surface area (TPSA) is 36.9 Å². The van der Waals surface area contributed by atoms with Crippen LogP contribution in [0.1, 0.15) is 22.3 Å². The van der Waals surface area contributed by atoms with Gasteiger partial charge >= 0.3 is 0 Å². The minimum atomic E-state index is -1.54. The van der Waals surface area contributed by atoms with Crippen LogP contribution in [0.5, 0.6) is 0 Å². The SMILES string of the molecule is S=P(CCOCCOCCOCCOCCP(=S)(CCc1ccccc1)CCc1ccccc1)(CCc1ccccc1)CCc1ccccc1. The Balaban J connectivity index is 1.04. The molecule has 4 aromatic carbocycles. The van der Waals surface area contributed by atoms with Gasteiger partial charge in [-0.15, -0.1) is 0 Å². The highest BCUT2D eigenvalue weighted by atomic mass is 32.4. The summed E-state index contributed by atoms with van der Waals surface area (Å²) in [4.78, 5) is 0. The first kappa shape index (κ1) is 40.8. The second-order valence-electron chi connectivity index (χ2n) is 12.8. The third kappa shape index (κ3) is 17.5. The summed E-state index contributed by atoms with van der Waals surface area (Å²) in [5.74, 6) is 0. The van der Waals surface area contributed by atoms with Crippen molar-refractivity contribution in [1.29, 1.82) is 0 Å². The second kappa shape index (κ2) is 24.3. The summed E-state index contributed by atoms with van der Waals surface area (Å²) in [6.45, 7) is 4.78. The maximum atomic E-state index is 6.33. The van der Waals surface area contributed by atoms with Crippen molar-refractivity contribution in [3.05, 3.63) is 144 Å². The van der Waals surface area contributed by atoms with Crippen molar-refractivity contribution in [2.75, 3.05) is 89.8 Å². The van der Waals surface area contributed by atoms with Gasteiger partial charge in [-0.1, -0.05) is 145 Å². The first-order valence-corrected chi connectivity index (χ1v) is 24.8. The Kier molecular flexibility index (Phi) is 19.8. The molecule has 0 radical (unpaired) electrons. The van der Waals surface area contributed by atoms with Crippen LogP contribution in [0.25, 0.3) is 0 Å². The Labute approximate surface area is 312 Å². The van der Waals surface area contributed by atoms with Gasteiger partial charge in [0.15, 0.2) is 0 Å². The third-order valence-corrected chi connectivity index (χ3v) is 18.4. The Morgan fingerprint density at radius 2 is 0.520 bits per heavy atom. The maximum Gasteiger partial charge on any atom is 0.0701 e. The van der Waals surface area contributed by atoms with E-state index >= 15 is 0 Å². The zero-order chi connectivity index (χ0) is 35.0. The van der Waals surface area contributed by atoms with Crippen molar-refractivity contribution in [2.45, 2.75) is 25.7 Å². The molecule has 0 atom stereocenters. The lowest BCUT2D eigenvalue weighted by atomic mass is 10.2. The normalized spacial score (nSPS) is 11.9. The number of aryl methyl sites for hydroxylation is 4. The fraction of sp³-hybridized carbons (Fsp3) is 0.429. The molecule has 0 aliphatic carbocycles. The third-order valence-electron chi connectivity index (χ3n) is 9.01. The van der Waals surface area contributed by atoms with E-state index in [9.17, 15) is 0 Å². The van der Waals surface area contributed by atoms with Gasteiger partial charge in [0.05, 0.1) is 52.9 Å². The van der Waals surface area contributed by atoms with E-state index in [0.29, 0.717) is 52.9 Å². The molecular formula is C42H56O4P2S2. The average Bonchev–Trinajstić information content (AvgIpc) is 3.17. The van der Waals surface area contributed by atoms with Gasteiger partial charge in [-0.3, -0.25) is 0 Å². The molecule has 0 heterocycles. The largest absolute Gasteiger partial charge is 0.379 e. The summed E-state index contributed by atoms with van der Waals surface area (Å²) in [7, 11) is 0. The van der Waals surface area contributed by atoms with Crippen LogP contribution in [-0.4, -0.2) is 89.8 Å². The molecule has 4 rings (SSSR count). The smallest absolute Gasteiger partial charge is 0.0701 e. The van der Waals surface area contributed by atoms with E-state index in [0.717, 1.165) is 62.7 Å². The molecule has 270 valence electrons. The lowest BCUT2D eigenvalue weighted by Gasteiger charge is -2.23. The fourth-order valence-electron chi connectivity index (χ4n) is 5.80. The van der Waals surface area contributed by atoms with Crippen molar-refractivity contribution in [2.24, 2.45) is 0 Å². The molecular weight excluding hydrogens is 695 g/mol. The van der Waals surface area contributed by atoms with E-state index < -0.39 is 12.1 Å². The maximum absolute atomic E-state index is 6.33. The highest BCUT2D eigenvalue weighted by Gasteiger charge is 2.19. The van der Waals surface area contributed by atoms with Gasteiger partial charge in [0.1, 0.15) is 0 Å². The molecule has 4 nitrogen and oxygen atoms in total. The molecule has 50 heavy (non-hydrogen) atoms. The van der Waals surface area contributed by atoms with Gasteiger partial charge in [-0.25, -0.2) is 0 Å². The highest BCUT2D eigenvalue weighted by Crippen LogP contribution is 2.47. The van der Waals surface area contributed by atoms with Gasteiger partial charge < -0.3 is 18.9 Å². The van der Waals surface area contributed by atoms with Crippen LogP contribution in [0.3, 0.4) is 0 Å². The van der Waals surface area contributed by atoms with Crippen LogP contribution in [0, 0.1) is 0 Å². The lowest BCUT2D eigenvalue weighted by molar-refractivity contribution is 0.00134. The molecule has 0 amide bonds. The molecule has 4 aromatic rings. The van der Waals surface area contributed by atoms with Crippen molar-refractivity contribution >= 4 is 35.7 Å². The summed E-state index contributed by atoms with van der Waals surface area (Å²) < 4.78 is 23.5. The van der Waals surface area contributed by atoms with Gasteiger partial charge in [-0.2, -0.15) is 0 Å². The van der Waals surface area contributed by atoms with Gasteiger partial charge in [0.2, 0.25) is 0 Å². The molecule has 0 aliphatic rings. The van der Waals surface area contributed by atoms with Crippen LogP contribution in [0.4, 0.5) is 0 Å². The van der Waals surface area contributed by atoms with E-state index in [-0.39, 0.29) is 0 Å². The standard InChI is InChI=1S/C42H56O4P2S2/c49-47(33-21-39-13-5-1-6-14-39,34-22-40-15-7-2-8-16-40)37-31-45-29-27-43-25-26-44-28-30-46-32-38-48(50,35-23-41-17-9-3-10-18-41)36-24-42-19-11-4-12-20-42/h1-20H,21-38H2. The fourth-order valence-corrected chi connectivity index (χ4v) is 12.3. The zero-order valence-corrected chi connectivity index (χ0v) is 33.0. The van der Waals surface area contributed by atoms with E-state index in [4.69, 9.17) is 42.6 Å². The summed E-state index contributed by atoms with van der Waals surface area (Å²) in [5, 5.41) is 0. The number of ether oxygens (including phenoxy) is 4. The molecule has 0 aromatic heterocycles. The van der Waals surface area contributed by atoms with E-state index in [2.05, 4.69) is 121 Å². The predicted molar refractivity (Wildman–Crippen MR) is 222 cm³/mol. The van der Waals surface area contributed by atoms with E-state index in [1.165, 1.54) is 22.3 Å². The summed E-state index contributed by atoms with van der Waals surface area (Å²) in [6.07, 6.45) is 10.4. The van der Waals surface area contributed by atoms with Crippen LogP contribution in [-0.2, 0) is 68.2 Å². The Bertz CT molecular complexity index is 1310. The molecule has 0 saturated heterocycles. The van der Waals surface area contributed by atoms with Crippen LogP contribution in [0.2, 0.25) is 0 Å². The average molecular weight is 751 g/mol. The van der Waals surface area contributed by atoms with Crippen molar-refractivity contribution < 1.29 is 18.9 Å². The number of rotatable bonds is 27. The van der Waals surface area contributed by atoms with Crippen molar-refractivity contribution in [3.8, 4) is 0 Å². The Morgan fingerprint density at radius 1 is 0.300 bits per heavy atom. The van der Waals surface area contributed by atoms with Gasteiger partial charge in [-0.05, 0) is 84.7 Å². The van der Waals surface area contributed by atoms with Crippen LogP contribution in [0.15, 0.2) is 121 Å². The molecule has 8 heteroatoms. The summed E-state index contributed by atoms with van der Waals surface area (Å²) >= 11 is 12.7. The molecule has 0 aliphatic heterocycles. The molecule has 0 fully saturated rings.